The second kappa shape index (κ2) is 62.1. The van der Waals surface area contributed by atoms with E-state index in [-0.39, 0.29) is 18.5 Å². The van der Waals surface area contributed by atoms with Gasteiger partial charge < -0.3 is 20.3 Å². The van der Waals surface area contributed by atoms with Gasteiger partial charge in [-0.1, -0.05) is 321 Å². The van der Waals surface area contributed by atoms with Crippen LogP contribution in [0.1, 0.15) is 373 Å². The van der Waals surface area contributed by atoms with Gasteiger partial charge in [-0.05, 0) is 51.4 Å². The summed E-state index contributed by atoms with van der Waals surface area (Å²) >= 11 is 0. The van der Waals surface area contributed by atoms with Crippen LogP contribution in [0.4, 0.5) is 0 Å². The minimum absolute atomic E-state index is 0.0102. The highest BCUT2D eigenvalue weighted by molar-refractivity contribution is 5.76. The summed E-state index contributed by atoms with van der Waals surface area (Å²) in [7, 11) is 0. The molecule has 0 aliphatic heterocycles. The summed E-state index contributed by atoms with van der Waals surface area (Å²) in [6, 6.07) is -0.548. The van der Waals surface area contributed by atoms with Gasteiger partial charge in [0.1, 0.15) is 0 Å². The highest BCUT2D eigenvalue weighted by Gasteiger charge is 2.20. The Kier molecular flexibility index (Phi) is 60.9. The molecule has 2 atom stereocenters. The molecule has 0 aromatic rings. The standard InChI is InChI=1S/C66H129NO5/c1-3-5-7-9-11-13-15-17-19-20-21-24-27-31-34-38-42-46-50-54-58-64(69)63(62-68)67-65(70)59-55-51-47-43-39-35-32-28-25-22-23-26-29-33-37-41-45-49-53-57-61-72-66(71)60-56-52-48-44-40-36-30-18-16-14-12-10-8-6-4-2/h22,25,63-64,68-69H,3-21,23-24,26-62H2,1-2H3,(H,67,70)/b25-22-. The number of ether oxygens (including phenoxy) is 1. The molecule has 0 aliphatic carbocycles. The molecule has 0 fully saturated rings. The molecule has 0 rings (SSSR count). The highest BCUT2D eigenvalue weighted by atomic mass is 16.5. The van der Waals surface area contributed by atoms with Gasteiger partial charge in [0, 0.05) is 12.8 Å². The number of carbonyl (C=O) groups excluding carboxylic acids is 2. The van der Waals surface area contributed by atoms with Gasteiger partial charge in [0.15, 0.2) is 0 Å². The van der Waals surface area contributed by atoms with E-state index in [4.69, 9.17) is 4.74 Å². The minimum atomic E-state index is -0.670. The number of nitrogens with one attached hydrogen (secondary N) is 1. The summed E-state index contributed by atoms with van der Waals surface area (Å²) in [5, 5.41) is 23.4. The van der Waals surface area contributed by atoms with Crippen LogP contribution < -0.4 is 5.32 Å². The first-order valence-corrected chi connectivity index (χ1v) is 32.9. The van der Waals surface area contributed by atoms with Gasteiger partial charge in [0.25, 0.3) is 0 Å². The Balaban J connectivity index is 3.42. The van der Waals surface area contributed by atoms with Crippen LogP contribution in [-0.2, 0) is 14.3 Å². The molecule has 6 nitrogen and oxygen atoms in total. The maximum atomic E-state index is 12.5. The molecular formula is C66H129NO5. The Labute approximate surface area is 450 Å². The van der Waals surface area contributed by atoms with Gasteiger partial charge in [0.05, 0.1) is 25.4 Å². The van der Waals surface area contributed by atoms with E-state index in [1.54, 1.807) is 0 Å². The number of unbranched alkanes of at least 4 members (excludes halogenated alkanes) is 49. The quantitative estimate of drug-likeness (QED) is 0.0320. The van der Waals surface area contributed by atoms with Crippen LogP contribution in [0.25, 0.3) is 0 Å². The van der Waals surface area contributed by atoms with E-state index in [1.165, 1.54) is 302 Å². The number of hydrogen-bond donors (Lipinski definition) is 3. The first-order chi connectivity index (χ1) is 35.5. The topological polar surface area (TPSA) is 95.9 Å². The average molecular weight is 1020 g/mol. The van der Waals surface area contributed by atoms with Crippen molar-refractivity contribution in [2.45, 2.75) is 386 Å². The van der Waals surface area contributed by atoms with Crippen molar-refractivity contribution in [3.05, 3.63) is 12.2 Å². The third kappa shape index (κ3) is 57.9. The molecule has 0 aromatic carbocycles. The minimum Gasteiger partial charge on any atom is -0.466 e. The molecule has 0 aliphatic rings. The summed E-state index contributed by atoms with van der Waals surface area (Å²) in [5.74, 6) is -0.0293. The Hall–Kier alpha value is -1.40. The maximum absolute atomic E-state index is 12.5. The molecule has 3 N–H and O–H groups in total. The largest absolute Gasteiger partial charge is 0.466 e. The number of amides is 1. The van der Waals surface area contributed by atoms with Crippen LogP contribution in [0.2, 0.25) is 0 Å². The molecule has 0 heterocycles. The van der Waals surface area contributed by atoms with E-state index in [0.717, 1.165) is 38.5 Å². The van der Waals surface area contributed by atoms with Crippen LogP contribution in [-0.4, -0.2) is 47.4 Å². The molecule has 0 radical (unpaired) electrons. The number of aliphatic hydroxyl groups is 2. The number of aliphatic hydroxyl groups excluding tert-OH is 2. The fourth-order valence-corrected chi connectivity index (χ4v) is 10.5. The predicted octanol–water partition coefficient (Wildman–Crippen LogP) is 20.8. The molecule has 6 heteroatoms. The molecule has 0 bridgehead atoms. The van der Waals surface area contributed by atoms with Crippen molar-refractivity contribution in [1.29, 1.82) is 0 Å². The molecule has 428 valence electrons. The maximum Gasteiger partial charge on any atom is 0.305 e. The molecule has 0 saturated carbocycles. The van der Waals surface area contributed by atoms with Crippen LogP contribution in [0.15, 0.2) is 12.2 Å². The zero-order valence-corrected chi connectivity index (χ0v) is 48.9. The number of esters is 1. The predicted molar refractivity (Wildman–Crippen MR) is 315 cm³/mol. The Morgan fingerprint density at radius 3 is 0.986 bits per heavy atom. The number of hydrogen-bond acceptors (Lipinski definition) is 5. The molecule has 0 spiro atoms. The average Bonchev–Trinajstić information content (AvgIpc) is 3.38. The Morgan fingerprint density at radius 2 is 0.653 bits per heavy atom. The molecular weight excluding hydrogens is 887 g/mol. The van der Waals surface area contributed by atoms with Crippen LogP contribution in [0, 0.1) is 0 Å². The van der Waals surface area contributed by atoms with E-state index < -0.39 is 12.1 Å². The number of carbonyl (C=O) groups is 2. The van der Waals surface area contributed by atoms with Crippen molar-refractivity contribution in [1.82, 2.24) is 5.32 Å². The normalized spacial score (nSPS) is 12.6. The smallest absolute Gasteiger partial charge is 0.305 e. The summed E-state index contributed by atoms with van der Waals surface area (Å²) < 4.78 is 5.49. The third-order valence-corrected chi connectivity index (χ3v) is 15.6. The lowest BCUT2D eigenvalue weighted by atomic mass is 10.0. The summed E-state index contributed by atoms with van der Waals surface area (Å²) in [6.45, 7) is 4.98. The molecule has 0 aromatic heterocycles. The van der Waals surface area contributed by atoms with Crippen molar-refractivity contribution < 1.29 is 24.5 Å². The zero-order valence-electron chi connectivity index (χ0n) is 48.9. The van der Waals surface area contributed by atoms with Gasteiger partial charge in [-0.25, -0.2) is 0 Å². The fraction of sp³-hybridized carbons (Fsp3) is 0.939. The van der Waals surface area contributed by atoms with Gasteiger partial charge in [-0.2, -0.15) is 0 Å². The molecule has 2 unspecified atom stereocenters. The van der Waals surface area contributed by atoms with Crippen molar-refractivity contribution in [3.63, 3.8) is 0 Å². The zero-order chi connectivity index (χ0) is 52.2. The van der Waals surface area contributed by atoms with E-state index in [9.17, 15) is 19.8 Å². The lowest BCUT2D eigenvalue weighted by Crippen LogP contribution is -2.45. The van der Waals surface area contributed by atoms with Gasteiger partial charge in [0.2, 0.25) is 5.91 Å². The van der Waals surface area contributed by atoms with Crippen molar-refractivity contribution in [3.8, 4) is 0 Å². The highest BCUT2D eigenvalue weighted by Crippen LogP contribution is 2.18. The lowest BCUT2D eigenvalue weighted by Gasteiger charge is -2.22. The molecule has 72 heavy (non-hydrogen) atoms. The van der Waals surface area contributed by atoms with Gasteiger partial charge >= 0.3 is 5.97 Å². The van der Waals surface area contributed by atoms with E-state index in [0.29, 0.717) is 25.9 Å². The molecule has 1 amide bonds. The van der Waals surface area contributed by atoms with Crippen LogP contribution in [0.5, 0.6) is 0 Å². The number of rotatable bonds is 62. The summed E-state index contributed by atoms with van der Waals surface area (Å²) in [4.78, 5) is 24.6. The second-order valence-corrected chi connectivity index (χ2v) is 22.8. The summed E-state index contributed by atoms with van der Waals surface area (Å²) in [5.41, 5.74) is 0. The SMILES string of the molecule is CCCCCCCCCCCCCCCCCCCCCCC(O)C(CO)NC(=O)CCCCCCCCC/C=C\CCCCCCCCCCCOC(=O)CCCCCCCCCCCCCCCCC. The number of allylic oxidation sites excluding steroid dienone is 2. The first kappa shape index (κ1) is 70.6. The van der Waals surface area contributed by atoms with Crippen molar-refractivity contribution in [2.75, 3.05) is 13.2 Å². The van der Waals surface area contributed by atoms with Crippen LogP contribution >= 0.6 is 0 Å². The van der Waals surface area contributed by atoms with E-state index >= 15 is 0 Å². The van der Waals surface area contributed by atoms with E-state index in [2.05, 4.69) is 31.3 Å². The second-order valence-electron chi connectivity index (χ2n) is 22.8. The fourth-order valence-electron chi connectivity index (χ4n) is 10.5. The van der Waals surface area contributed by atoms with Gasteiger partial charge in [-0.15, -0.1) is 0 Å². The van der Waals surface area contributed by atoms with Crippen LogP contribution in [0.3, 0.4) is 0 Å². The monoisotopic (exact) mass is 1020 g/mol. The molecule has 0 saturated heterocycles. The van der Waals surface area contributed by atoms with E-state index in [1.807, 2.05) is 0 Å². The van der Waals surface area contributed by atoms with Crippen molar-refractivity contribution >= 4 is 11.9 Å². The first-order valence-electron chi connectivity index (χ1n) is 32.9. The lowest BCUT2D eigenvalue weighted by molar-refractivity contribution is -0.143. The third-order valence-electron chi connectivity index (χ3n) is 15.6. The van der Waals surface area contributed by atoms with Gasteiger partial charge in [-0.3, -0.25) is 9.59 Å². The Morgan fingerprint density at radius 1 is 0.375 bits per heavy atom. The summed E-state index contributed by atoms with van der Waals surface area (Å²) in [6.07, 6.45) is 75.1. The van der Waals surface area contributed by atoms with Crippen molar-refractivity contribution in [2.24, 2.45) is 0 Å². The Bertz CT molecular complexity index is 1080.